The van der Waals surface area contributed by atoms with E-state index in [9.17, 15) is 9.59 Å². The zero-order valence-electron chi connectivity index (χ0n) is 12.9. The van der Waals surface area contributed by atoms with Crippen LogP contribution in [0, 0.1) is 5.41 Å². The van der Waals surface area contributed by atoms with Crippen LogP contribution >= 0.6 is 0 Å². The number of nitrogens with one attached hydrogen (secondary N) is 2. The van der Waals surface area contributed by atoms with E-state index < -0.39 is 5.41 Å². The Labute approximate surface area is 130 Å². The van der Waals surface area contributed by atoms with E-state index in [1.54, 1.807) is 31.4 Å². The molecule has 118 valence electrons. The van der Waals surface area contributed by atoms with Gasteiger partial charge in [0.25, 0.3) is 0 Å². The molecular formula is C17H22N2O3. The van der Waals surface area contributed by atoms with Gasteiger partial charge in [-0.15, -0.1) is 0 Å². The Kier molecular flexibility index (Phi) is 4.05. The number of carbonyl (C=O) groups is 2. The normalized spacial score (nSPS) is 19.5. The topological polar surface area (TPSA) is 67.4 Å². The van der Waals surface area contributed by atoms with Crippen LogP contribution in [0.15, 0.2) is 24.3 Å². The van der Waals surface area contributed by atoms with Gasteiger partial charge in [0.2, 0.25) is 11.8 Å². The average Bonchev–Trinajstić information content (AvgIpc) is 3.20. The zero-order chi connectivity index (χ0) is 15.6. The third kappa shape index (κ3) is 2.93. The standard InChI is InChI=1S/C17H22N2O3/c1-22-14-8-6-13(7-9-14)19-16(21)17(10-11-17)15(20)18-12-4-2-3-5-12/h6-9,12H,2-5,10-11H2,1H3,(H,18,20)(H,19,21). The summed E-state index contributed by atoms with van der Waals surface area (Å²) in [6.45, 7) is 0. The molecule has 0 aliphatic heterocycles. The van der Waals surface area contributed by atoms with E-state index in [4.69, 9.17) is 4.74 Å². The van der Waals surface area contributed by atoms with Crippen LogP contribution in [0.2, 0.25) is 0 Å². The highest BCUT2D eigenvalue weighted by atomic mass is 16.5. The quantitative estimate of drug-likeness (QED) is 0.821. The third-order valence-corrected chi connectivity index (χ3v) is 4.66. The van der Waals surface area contributed by atoms with Crippen molar-refractivity contribution in [3.05, 3.63) is 24.3 Å². The number of rotatable bonds is 5. The Morgan fingerprint density at radius 1 is 1.09 bits per heavy atom. The molecule has 0 saturated heterocycles. The number of ether oxygens (including phenoxy) is 1. The lowest BCUT2D eigenvalue weighted by molar-refractivity contribution is -0.134. The lowest BCUT2D eigenvalue weighted by Gasteiger charge is -2.18. The second kappa shape index (κ2) is 5.99. The molecule has 0 heterocycles. The van der Waals surface area contributed by atoms with Crippen molar-refractivity contribution >= 4 is 17.5 Å². The summed E-state index contributed by atoms with van der Waals surface area (Å²) in [4.78, 5) is 24.9. The first-order valence-electron chi connectivity index (χ1n) is 7.90. The molecule has 3 rings (SSSR count). The number of anilines is 1. The van der Waals surface area contributed by atoms with Crippen LogP contribution in [0.25, 0.3) is 0 Å². The van der Waals surface area contributed by atoms with Crippen LogP contribution in [0.4, 0.5) is 5.69 Å². The average molecular weight is 302 g/mol. The van der Waals surface area contributed by atoms with Crippen LogP contribution in [0.5, 0.6) is 5.75 Å². The maximum atomic E-state index is 12.5. The van der Waals surface area contributed by atoms with Crippen LogP contribution in [0.3, 0.4) is 0 Å². The van der Waals surface area contributed by atoms with Crippen LogP contribution in [-0.4, -0.2) is 25.0 Å². The van der Waals surface area contributed by atoms with Crippen molar-refractivity contribution in [2.24, 2.45) is 5.41 Å². The molecule has 1 aromatic rings. The van der Waals surface area contributed by atoms with Crippen molar-refractivity contribution in [1.82, 2.24) is 5.32 Å². The van der Waals surface area contributed by atoms with E-state index in [0.717, 1.165) is 31.4 Å². The van der Waals surface area contributed by atoms with E-state index in [2.05, 4.69) is 10.6 Å². The van der Waals surface area contributed by atoms with Gasteiger partial charge in [-0.05, 0) is 49.9 Å². The predicted octanol–water partition coefficient (Wildman–Crippen LogP) is 2.47. The predicted molar refractivity (Wildman–Crippen MR) is 83.7 cm³/mol. The summed E-state index contributed by atoms with van der Waals surface area (Å²) in [5, 5.41) is 5.89. The highest BCUT2D eigenvalue weighted by Crippen LogP contribution is 2.47. The molecule has 0 unspecified atom stereocenters. The summed E-state index contributed by atoms with van der Waals surface area (Å²) < 4.78 is 5.09. The minimum absolute atomic E-state index is 0.106. The second-order valence-electron chi connectivity index (χ2n) is 6.22. The molecular weight excluding hydrogens is 280 g/mol. The second-order valence-corrected chi connectivity index (χ2v) is 6.22. The fourth-order valence-corrected chi connectivity index (χ4v) is 3.00. The number of hydrogen-bond donors (Lipinski definition) is 2. The fourth-order valence-electron chi connectivity index (χ4n) is 3.00. The number of hydrogen-bond acceptors (Lipinski definition) is 3. The van der Waals surface area contributed by atoms with Gasteiger partial charge in [-0.2, -0.15) is 0 Å². The number of methoxy groups -OCH3 is 1. The monoisotopic (exact) mass is 302 g/mol. The van der Waals surface area contributed by atoms with Gasteiger partial charge < -0.3 is 15.4 Å². The van der Waals surface area contributed by atoms with Crippen molar-refractivity contribution in [2.75, 3.05) is 12.4 Å². The van der Waals surface area contributed by atoms with E-state index in [1.165, 1.54) is 0 Å². The Balaban J connectivity index is 1.61. The Hall–Kier alpha value is -2.04. The number of benzene rings is 1. The van der Waals surface area contributed by atoms with Crippen molar-refractivity contribution in [3.8, 4) is 5.75 Å². The molecule has 22 heavy (non-hydrogen) atoms. The first-order chi connectivity index (χ1) is 10.6. The van der Waals surface area contributed by atoms with E-state index in [-0.39, 0.29) is 17.9 Å². The summed E-state index contributed by atoms with van der Waals surface area (Å²) in [6, 6.07) is 7.38. The summed E-state index contributed by atoms with van der Waals surface area (Å²) in [6.07, 6.45) is 5.65. The molecule has 0 spiro atoms. The van der Waals surface area contributed by atoms with Crippen molar-refractivity contribution in [2.45, 2.75) is 44.6 Å². The molecule has 2 aliphatic rings. The molecule has 0 atom stereocenters. The highest BCUT2D eigenvalue weighted by molar-refractivity contribution is 6.13. The third-order valence-electron chi connectivity index (χ3n) is 4.66. The van der Waals surface area contributed by atoms with E-state index in [0.29, 0.717) is 18.5 Å². The summed E-state index contributed by atoms with van der Waals surface area (Å²) in [7, 11) is 1.60. The Bertz CT molecular complexity index is 558. The molecule has 0 aromatic heterocycles. The van der Waals surface area contributed by atoms with Gasteiger partial charge in [0.1, 0.15) is 11.2 Å². The minimum atomic E-state index is -0.859. The lowest BCUT2D eigenvalue weighted by atomic mass is 10.0. The first-order valence-corrected chi connectivity index (χ1v) is 7.90. The maximum Gasteiger partial charge on any atom is 0.240 e. The number of amides is 2. The van der Waals surface area contributed by atoms with Gasteiger partial charge in [-0.1, -0.05) is 12.8 Å². The Morgan fingerprint density at radius 2 is 1.73 bits per heavy atom. The molecule has 2 saturated carbocycles. The van der Waals surface area contributed by atoms with Gasteiger partial charge in [0, 0.05) is 11.7 Å². The van der Waals surface area contributed by atoms with Gasteiger partial charge in [-0.3, -0.25) is 9.59 Å². The Morgan fingerprint density at radius 3 is 2.27 bits per heavy atom. The largest absolute Gasteiger partial charge is 0.497 e. The van der Waals surface area contributed by atoms with E-state index in [1.807, 2.05) is 0 Å². The molecule has 0 bridgehead atoms. The molecule has 5 heteroatoms. The summed E-state index contributed by atoms with van der Waals surface area (Å²) in [5.74, 6) is 0.427. The molecule has 2 N–H and O–H groups in total. The smallest absolute Gasteiger partial charge is 0.240 e. The SMILES string of the molecule is COc1ccc(NC(=O)C2(C(=O)NC3CCCC3)CC2)cc1. The maximum absolute atomic E-state index is 12.5. The van der Waals surface area contributed by atoms with Crippen molar-refractivity contribution in [3.63, 3.8) is 0 Å². The van der Waals surface area contributed by atoms with Gasteiger partial charge in [0.15, 0.2) is 0 Å². The molecule has 2 fully saturated rings. The zero-order valence-corrected chi connectivity index (χ0v) is 12.9. The van der Waals surface area contributed by atoms with E-state index >= 15 is 0 Å². The molecule has 2 aliphatic carbocycles. The highest BCUT2D eigenvalue weighted by Gasteiger charge is 2.56. The first kappa shape index (κ1) is 14.9. The van der Waals surface area contributed by atoms with Crippen molar-refractivity contribution < 1.29 is 14.3 Å². The summed E-state index contributed by atoms with van der Waals surface area (Å²) >= 11 is 0. The molecule has 2 amide bonds. The molecule has 0 radical (unpaired) electrons. The van der Waals surface area contributed by atoms with Crippen molar-refractivity contribution in [1.29, 1.82) is 0 Å². The lowest BCUT2D eigenvalue weighted by Crippen LogP contribution is -2.43. The van der Waals surface area contributed by atoms with Gasteiger partial charge in [-0.25, -0.2) is 0 Å². The fraction of sp³-hybridized carbons (Fsp3) is 0.529. The number of carbonyl (C=O) groups excluding carboxylic acids is 2. The summed E-state index contributed by atoms with van der Waals surface area (Å²) in [5.41, 5.74) is -0.173. The molecule has 5 nitrogen and oxygen atoms in total. The van der Waals surface area contributed by atoms with Crippen LogP contribution in [-0.2, 0) is 9.59 Å². The van der Waals surface area contributed by atoms with Gasteiger partial charge in [0.05, 0.1) is 7.11 Å². The van der Waals surface area contributed by atoms with Crippen LogP contribution < -0.4 is 15.4 Å². The van der Waals surface area contributed by atoms with Gasteiger partial charge >= 0.3 is 0 Å². The molecule has 1 aromatic carbocycles. The minimum Gasteiger partial charge on any atom is -0.497 e. The van der Waals surface area contributed by atoms with Crippen LogP contribution in [0.1, 0.15) is 38.5 Å².